The molecule has 210 valence electrons. The highest BCUT2D eigenvalue weighted by Gasteiger charge is 2.45. The van der Waals surface area contributed by atoms with Crippen molar-refractivity contribution in [2.45, 2.75) is 92.9 Å². The Morgan fingerprint density at radius 1 is 0.872 bits per heavy atom. The predicted octanol–water partition coefficient (Wildman–Crippen LogP) is 9.19. The number of aliphatic imine (C=N–C) groups is 1. The molecule has 5 heteroatoms. The largest absolute Gasteiger partial charge is 0.477 e. The topological polar surface area (TPSA) is 41.9 Å². The number of rotatable bonds is 14. The molecule has 2 aliphatic rings. The number of carbonyl (C=O) groups is 1. The molecule has 39 heavy (non-hydrogen) atoms. The molecule has 3 heterocycles. The molecule has 0 saturated heterocycles. The third kappa shape index (κ3) is 6.57. The zero-order valence-corrected chi connectivity index (χ0v) is 25.6. The van der Waals surface area contributed by atoms with Crippen molar-refractivity contribution in [1.29, 1.82) is 0 Å². The van der Waals surface area contributed by atoms with Gasteiger partial charge in [-0.3, -0.25) is 4.79 Å². The van der Waals surface area contributed by atoms with Gasteiger partial charge in [-0.15, -0.1) is 11.3 Å². The number of amides is 1. The van der Waals surface area contributed by atoms with Crippen LogP contribution in [-0.4, -0.2) is 29.9 Å². The van der Waals surface area contributed by atoms with Crippen LogP contribution in [0, 0.1) is 25.7 Å². The summed E-state index contributed by atoms with van der Waals surface area (Å²) < 4.78 is 6.57. The van der Waals surface area contributed by atoms with Gasteiger partial charge in [-0.1, -0.05) is 96.0 Å². The van der Waals surface area contributed by atoms with E-state index in [1.54, 1.807) is 11.3 Å². The number of benzene rings is 1. The van der Waals surface area contributed by atoms with Crippen molar-refractivity contribution in [3.05, 3.63) is 68.4 Å². The molecule has 0 N–H and O–H groups in total. The van der Waals surface area contributed by atoms with Gasteiger partial charge in [0, 0.05) is 11.4 Å². The Kier molecular flexibility index (Phi) is 10.2. The van der Waals surface area contributed by atoms with Crippen LogP contribution in [0.25, 0.3) is 11.4 Å². The third-order valence-corrected chi connectivity index (χ3v) is 9.17. The number of hydrogen-bond acceptors (Lipinski definition) is 4. The second kappa shape index (κ2) is 13.6. The zero-order valence-electron chi connectivity index (χ0n) is 24.8. The molecule has 2 unspecified atom stereocenters. The van der Waals surface area contributed by atoms with E-state index in [0.717, 1.165) is 65.2 Å². The number of fused-ring (bicyclic) bond motifs is 1. The highest BCUT2D eigenvalue weighted by molar-refractivity contribution is 7.13. The maximum atomic E-state index is 14.3. The Labute approximate surface area is 239 Å². The minimum atomic E-state index is 0.0666. The molecule has 4 nitrogen and oxygen atoms in total. The molecule has 2 aliphatic heterocycles. The van der Waals surface area contributed by atoms with Gasteiger partial charge in [-0.05, 0) is 56.2 Å². The average Bonchev–Trinajstić information content (AvgIpc) is 3.61. The maximum absolute atomic E-state index is 14.3. The van der Waals surface area contributed by atoms with Gasteiger partial charge in [0.05, 0.1) is 34.0 Å². The lowest BCUT2D eigenvalue weighted by Gasteiger charge is -2.26. The van der Waals surface area contributed by atoms with E-state index in [2.05, 4.69) is 77.9 Å². The summed E-state index contributed by atoms with van der Waals surface area (Å²) in [6.07, 6.45) is 9.18. The fraction of sp³-hybridized carbons (Fsp3) is 0.529. The van der Waals surface area contributed by atoms with E-state index in [-0.39, 0.29) is 5.91 Å². The first-order chi connectivity index (χ1) is 18.9. The molecule has 0 fully saturated rings. The van der Waals surface area contributed by atoms with Crippen molar-refractivity contribution in [3.63, 3.8) is 0 Å². The zero-order chi connectivity index (χ0) is 27.9. The molecule has 2 aromatic rings. The van der Waals surface area contributed by atoms with Crippen LogP contribution in [0.1, 0.15) is 99.9 Å². The Balaban J connectivity index is 1.82. The van der Waals surface area contributed by atoms with Crippen molar-refractivity contribution in [2.75, 3.05) is 13.2 Å². The van der Waals surface area contributed by atoms with E-state index in [4.69, 9.17) is 9.73 Å². The standard InChI is InChI=1S/C34H46N2O2S/c1-7-11-13-25(9-3)21-36-32(27-18-15-23(5)16-19-27)30-29(34(36)37)31(28-20-17-24(6)39-28)35-33(30)38-22-26(10-4)14-12-8-2/h15-20,25-26H,7-14,21-22H2,1-6H3. The summed E-state index contributed by atoms with van der Waals surface area (Å²) in [7, 11) is 0. The van der Waals surface area contributed by atoms with Crippen molar-refractivity contribution in [2.24, 2.45) is 16.8 Å². The lowest BCUT2D eigenvalue weighted by Crippen LogP contribution is -2.31. The van der Waals surface area contributed by atoms with E-state index in [1.165, 1.54) is 36.1 Å². The van der Waals surface area contributed by atoms with E-state index < -0.39 is 0 Å². The Morgan fingerprint density at radius 3 is 2.13 bits per heavy atom. The summed E-state index contributed by atoms with van der Waals surface area (Å²) in [5.74, 6) is 1.63. The van der Waals surface area contributed by atoms with Crippen LogP contribution in [0.3, 0.4) is 0 Å². The predicted molar refractivity (Wildman–Crippen MR) is 166 cm³/mol. The number of hydrogen-bond donors (Lipinski definition) is 0. The minimum Gasteiger partial charge on any atom is -0.477 e. The van der Waals surface area contributed by atoms with Gasteiger partial charge in [-0.25, -0.2) is 4.99 Å². The van der Waals surface area contributed by atoms with Crippen LogP contribution in [0.5, 0.6) is 0 Å². The van der Waals surface area contributed by atoms with Gasteiger partial charge >= 0.3 is 0 Å². The lowest BCUT2D eigenvalue weighted by atomic mass is 9.98. The van der Waals surface area contributed by atoms with Crippen LogP contribution < -0.4 is 0 Å². The SMILES string of the molecule is CCCCC(CC)COC1=NC(c2ccc(C)s2)=C2C(=O)N(CC(CC)CCCC)C(c3ccc(C)cc3)=C12. The first-order valence-electron chi connectivity index (χ1n) is 15.1. The van der Waals surface area contributed by atoms with Gasteiger partial charge in [-0.2, -0.15) is 0 Å². The third-order valence-electron chi connectivity index (χ3n) is 8.16. The number of ether oxygens (including phenoxy) is 1. The molecule has 1 aromatic carbocycles. The normalized spacial score (nSPS) is 16.7. The fourth-order valence-electron chi connectivity index (χ4n) is 5.54. The average molecular weight is 547 g/mol. The highest BCUT2D eigenvalue weighted by atomic mass is 32.1. The van der Waals surface area contributed by atoms with Crippen molar-refractivity contribution in [1.82, 2.24) is 4.90 Å². The van der Waals surface area contributed by atoms with Crippen LogP contribution in [0.4, 0.5) is 0 Å². The smallest absolute Gasteiger partial charge is 0.261 e. The Bertz CT molecular complexity index is 1230. The summed E-state index contributed by atoms with van der Waals surface area (Å²) >= 11 is 1.69. The fourth-order valence-corrected chi connectivity index (χ4v) is 6.40. The number of aryl methyl sites for hydroxylation is 2. The summed E-state index contributed by atoms with van der Waals surface area (Å²) in [6.45, 7) is 14.5. The number of nitrogens with zero attached hydrogens (tertiary/aromatic N) is 2. The van der Waals surface area contributed by atoms with E-state index >= 15 is 0 Å². The molecule has 0 radical (unpaired) electrons. The second-order valence-corrected chi connectivity index (χ2v) is 12.5. The van der Waals surface area contributed by atoms with E-state index in [0.29, 0.717) is 24.3 Å². The van der Waals surface area contributed by atoms with Crippen molar-refractivity contribution in [3.8, 4) is 0 Å². The molecule has 0 aliphatic carbocycles. The van der Waals surface area contributed by atoms with E-state index in [1.807, 2.05) is 4.90 Å². The molecule has 0 bridgehead atoms. The molecule has 4 rings (SSSR count). The Hall–Kier alpha value is -2.66. The van der Waals surface area contributed by atoms with Crippen LogP contribution in [-0.2, 0) is 9.53 Å². The highest BCUT2D eigenvalue weighted by Crippen LogP contribution is 2.46. The molecule has 2 atom stereocenters. The van der Waals surface area contributed by atoms with Gasteiger partial charge in [0.15, 0.2) is 0 Å². The summed E-state index contributed by atoms with van der Waals surface area (Å²) in [5, 5.41) is 0. The Morgan fingerprint density at radius 2 is 1.54 bits per heavy atom. The maximum Gasteiger partial charge on any atom is 0.261 e. The first kappa shape index (κ1) is 29.3. The quantitative estimate of drug-likeness (QED) is 0.237. The van der Waals surface area contributed by atoms with Crippen molar-refractivity contribution >= 4 is 34.5 Å². The van der Waals surface area contributed by atoms with Gasteiger partial charge in [0.1, 0.15) is 0 Å². The molecule has 0 spiro atoms. The van der Waals surface area contributed by atoms with Crippen molar-refractivity contribution < 1.29 is 9.53 Å². The molecule has 0 saturated carbocycles. The van der Waals surface area contributed by atoms with Crippen LogP contribution >= 0.6 is 11.3 Å². The number of carbonyl (C=O) groups excluding carboxylic acids is 1. The number of unbranched alkanes of at least 4 members (excludes halogenated alkanes) is 2. The number of thiophene rings is 1. The second-order valence-electron chi connectivity index (χ2n) is 11.2. The van der Waals surface area contributed by atoms with Gasteiger partial charge < -0.3 is 9.64 Å². The summed E-state index contributed by atoms with van der Waals surface area (Å²) in [4.78, 5) is 23.7. The van der Waals surface area contributed by atoms with Crippen LogP contribution in [0.15, 0.2) is 52.5 Å². The van der Waals surface area contributed by atoms with E-state index in [9.17, 15) is 4.79 Å². The van der Waals surface area contributed by atoms with Crippen LogP contribution in [0.2, 0.25) is 0 Å². The van der Waals surface area contributed by atoms with Gasteiger partial charge in [0.2, 0.25) is 5.90 Å². The molecular weight excluding hydrogens is 500 g/mol. The monoisotopic (exact) mass is 546 g/mol. The molecule has 1 aromatic heterocycles. The summed E-state index contributed by atoms with van der Waals surface area (Å²) in [6, 6.07) is 12.8. The summed E-state index contributed by atoms with van der Waals surface area (Å²) in [5.41, 5.74) is 5.61. The lowest BCUT2D eigenvalue weighted by molar-refractivity contribution is -0.123. The molecular formula is C34H46N2O2S. The molecule has 1 amide bonds. The van der Waals surface area contributed by atoms with Gasteiger partial charge in [0.25, 0.3) is 5.91 Å². The first-order valence-corrected chi connectivity index (χ1v) is 15.9. The minimum absolute atomic E-state index is 0.0666.